The summed E-state index contributed by atoms with van der Waals surface area (Å²) >= 11 is 0. The van der Waals surface area contributed by atoms with E-state index in [-0.39, 0.29) is 45.3 Å². The van der Waals surface area contributed by atoms with Gasteiger partial charge in [-0.05, 0) is 18.2 Å². The van der Waals surface area contributed by atoms with Crippen molar-refractivity contribution in [1.82, 2.24) is 0 Å². The average molecular weight is 330 g/mol. The molecule has 3 N–H and O–H groups in total. The summed E-state index contributed by atoms with van der Waals surface area (Å²) in [5.41, 5.74) is -0.398. The molecule has 0 bridgehead atoms. The highest BCUT2D eigenvalue weighted by Gasteiger charge is 2.20. The number of rotatable bonds is 3. The van der Waals surface area contributed by atoms with Crippen LogP contribution in [0.3, 0.4) is 0 Å². The molecule has 3 aromatic rings. The average Bonchev–Trinajstić information content (AvgIpc) is 2.57. The van der Waals surface area contributed by atoms with Crippen molar-refractivity contribution in [3.63, 3.8) is 0 Å². The summed E-state index contributed by atoms with van der Waals surface area (Å²) in [7, 11) is 2.73. The number of aromatic hydroxyl groups is 3. The molecule has 0 aliphatic heterocycles. The number of phenols is 2. The Morgan fingerprint density at radius 1 is 0.958 bits per heavy atom. The smallest absolute Gasteiger partial charge is 0.238 e. The zero-order chi connectivity index (χ0) is 17.4. The molecule has 7 nitrogen and oxygen atoms in total. The molecule has 0 saturated carbocycles. The van der Waals surface area contributed by atoms with Crippen LogP contribution >= 0.6 is 0 Å². The second-order valence-electron chi connectivity index (χ2n) is 5.02. The zero-order valence-corrected chi connectivity index (χ0v) is 12.9. The summed E-state index contributed by atoms with van der Waals surface area (Å²) < 4.78 is 15.6. The van der Waals surface area contributed by atoms with Crippen LogP contribution in [0.5, 0.6) is 28.7 Å². The molecule has 0 amide bonds. The van der Waals surface area contributed by atoms with Gasteiger partial charge in [-0.3, -0.25) is 4.79 Å². The minimum atomic E-state index is -0.710. The molecule has 1 heterocycles. The molecule has 2 aromatic carbocycles. The summed E-state index contributed by atoms with van der Waals surface area (Å²) in [5.74, 6) is -0.782. The fraction of sp³-hybridized carbons (Fsp3) is 0.118. The van der Waals surface area contributed by atoms with Crippen molar-refractivity contribution in [2.24, 2.45) is 0 Å². The molecule has 0 aliphatic carbocycles. The van der Waals surface area contributed by atoms with Crippen LogP contribution < -0.4 is 14.9 Å². The fourth-order valence-electron chi connectivity index (χ4n) is 2.45. The van der Waals surface area contributed by atoms with E-state index < -0.39 is 11.2 Å². The molecular formula is C17H14O7. The largest absolute Gasteiger partial charge is 0.508 e. The number of fused-ring (bicyclic) bond motifs is 1. The maximum absolute atomic E-state index is 12.5. The van der Waals surface area contributed by atoms with Crippen molar-refractivity contribution in [3.8, 4) is 40.1 Å². The van der Waals surface area contributed by atoms with Gasteiger partial charge in [-0.25, -0.2) is 0 Å². The number of benzene rings is 2. The number of ether oxygens (including phenoxy) is 2. The maximum atomic E-state index is 12.5. The van der Waals surface area contributed by atoms with Crippen molar-refractivity contribution >= 4 is 11.0 Å². The third-order valence-corrected chi connectivity index (χ3v) is 3.58. The van der Waals surface area contributed by atoms with Gasteiger partial charge >= 0.3 is 0 Å². The quantitative estimate of drug-likeness (QED) is 0.677. The van der Waals surface area contributed by atoms with Gasteiger partial charge in [0.1, 0.15) is 22.5 Å². The Balaban J connectivity index is 2.32. The molecule has 124 valence electrons. The Bertz CT molecular complexity index is 988. The van der Waals surface area contributed by atoms with Crippen molar-refractivity contribution in [2.75, 3.05) is 14.2 Å². The second-order valence-corrected chi connectivity index (χ2v) is 5.02. The second kappa shape index (κ2) is 5.69. The number of hydrogen-bond donors (Lipinski definition) is 3. The minimum Gasteiger partial charge on any atom is -0.508 e. The third-order valence-electron chi connectivity index (χ3n) is 3.58. The standard InChI is InChI=1S/C17H14O7/c1-22-11-4-3-8(5-10(11)19)17-16(21)15(20)14-12(23-2)6-9(18)7-13(14)24-17/h3-7,18-19,21H,1-2H3. The van der Waals surface area contributed by atoms with E-state index in [1.165, 1.54) is 44.6 Å². The van der Waals surface area contributed by atoms with E-state index in [1.807, 2.05) is 0 Å². The Morgan fingerprint density at radius 2 is 1.67 bits per heavy atom. The molecule has 0 unspecified atom stereocenters. The normalized spacial score (nSPS) is 10.8. The highest BCUT2D eigenvalue weighted by atomic mass is 16.5. The summed E-state index contributed by atoms with van der Waals surface area (Å²) in [6, 6.07) is 6.77. The number of methoxy groups -OCH3 is 2. The van der Waals surface area contributed by atoms with Crippen LogP contribution in [0, 0.1) is 0 Å². The SMILES string of the molecule is COc1ccc(-c2oc3cc(O)cc(OC)c3c(=O)c2O)cc1O. The van der Waals surface area contributed by atoms with Crippen LogP contribution in [-0.2, 0) is 0 Å². The monoisotopic (exact) mass is 330 g/mol. The first-order valence-electron chi connectivity index (χ1n) is 6.90. The Morgan fingerprint density at radius 3 is 2.29 bits per heavy atom. The lowest BCUT2D eigenvalue weighted by atomic mass is 10.1. The summed E-state index contributed by atoms with van der Waals surface area (Å²) in [5, 5.41) is 29.8. The molecule has 0 fully saturated rings. The van der Waals surface area contributed by atoms with Gasteiger partial charge in [-0.1, -0.05) is 0 Å². The van der Waals surface area contributed by atoms with Gasteiger partial charge in [0, 0.05) is 17.7 Å². The highest BCUT2D eigenvalue weighted by molar-refractivity contribution is 5.88. The van der Waals surface area contributed by atoms with E-state index in [2.05, 4.69) is 0 Å². The van der Waals surface area contributed by atoms with Crippen LogP contribution in [0.4, 0.5) is 0 Å². The van der Waals surface area contributed by atoms with E-state index in [0.717, 1.165) is 0 Å². The predicted molar refractivity (Wildman–Crippen MR) is 86.0 cm³/mol. The first-order valence-corrected chi connectivity index (χ1v) is 6.90. The summed E-state index contributed by atoms with van der Waals surface area (Å²) in [6.45, 7) is 0. The predicted octanol–water partition coefficient (Wildman–Crippen LogP) is 2.59. The number of hydrogen-bond acceptors (Lipinski definition) is 7. The summed E-state index contributed by atoms with van der Waals surface area (Å²) in [4.78, 5) is 12.5. The van der Waals surface area contributed by atoms with Crippen LogP contribution in [0.1, 0.15) is 0 Å². The van der Waals surface area contributed by atoms with Gasteiger partial charge in [0.25, 0.3) is 0 Å². The van der Waals surface area contributed by atoms with Crippen molar-refractivity contribution in [3.05, 3.63) is 40.6 Å². The van der Waals surface area contributed by atoms with E-state index in [9.17, 15) is 20.1 Å². The number of phenolic OH excluding ortho intramolecular Hbond substituents is 2. The highest BCUT2D eigenvalue weighted by Crippen LogP contribution is 2.38. The Kier molecular flexibility index (Phi) is 3.69. The first kappa shape index (κ1) is 15.5. The molecule has 0 aliphatic rings. The van der Waals surface area contributed by atoms with E-state index in [0.29, 0.717) is 0 Å². The van der Waals surface area contributed by atoms with Crippen LogP contribution in [0.15, 0.2) is 39.5 Å². The fourth-order valence-corrected chi connectivity index (χ4v) is 2.45. The first-order chi connectivity index (χ1) is 11.5. The Hall–Kier alpha value is -3.35. The van der Waals surface area contributed by atoms with Crippen molar-refractivity contribution in [2.45, 2.75) is 0 Å². The molecular weight excluding hydrogens is 316 g/mol. The van der Waals surface area contributed by atoms with Gasteiger partial charge in [-0.15, -0.1) is 0 Å². The molecule has 0 atom stereocenters. The molecule has 7 heteroatoms. The lowest BCUT2D eigenvalue weighted by molar-refractivity contribution is 0.373. The third kappa shape index (κ3) is 2.36. The van der Waals surface area contributed by atoms with Crippen molar-refractivity contribution in [1.29, 1.82) is 0 Å². The lowest BCUT2D eigenvalue weighted by Gasteiger charge is -2.10. The molecule has 24 heavy (non-hydrogen) atoms. The van der Waals surface area contributed by atoms with Gasteiger partial charge in [0.15, 0.2) is 17.3 Å². The van der Waals surface area contributed by atoms with Gasteiger partial charge in [0.05, 0.1) is 14.2 Å². The van der Waals surface area contributed by atoms with E-state index in [1.54, 1.807) is 0 Å². The van der Waals surface area contributed by atoms with E-state index >= 15 is 0 Å². The van der Waals surface area contributed by atoms with Crippen molar-refractivity contribution < 1.29 is 29.2 Å². The van der Waals surface area contributed by atoms with Crippen LogP contribution in [0.25, 0.3) is 22.3 Å². The molecule has 1 aromatic heterocycles. The van der Waals surface area contributed by atoms with Crippen LogP contribution in [0.2, 0.25) is 0 Å². The van der Waals surface area contributed by atoms with Gasteiger partial charge in [-0.2, -0.15) is 0 Å². The minimum absolute atomic E-state index is 0.00860. The topological polar surface area (TPSA) is 109 Å². The molecule has 0 spiro atoms. The lowest BCUT2D eigenvalue weighted by Crippen LogP contribution is -2.04. The molecule has 0 radical (unpaired) electrons. The van der Waals surface area contributed by atoms with E-state index in [4.69, 9.17) is 13.9 Å². The summed E-state index contributed by atoms with van der Waals surface area (Å²) in [6.07, 6.45) is 0. The molecule has 3 rings (SSSR count). The Labute approximate surface area is 135 Å². The van der Waals surface area contributed by atoms with Gasteiger partial charge < -0.3 is 29.2 Å². The maximum Gasteiger partial charge on any atom is 0.238 e. The zero-order valence-electron chi connectivity index (χ0n) is 12.9. The van der Waals surface area contributed by atoms with Crippen LogP contribution in [-0.4, -0.2) is 29.5 Å². The van der Waals surface area contributed by atoms with Gasteiger partial charge in [0.2, 0.25) is 11.2 Å². The molecule has 0 saturated heterocycles.